The van der Waals surface area contributed by atoms with Crippen LogP contribution in [-0.2, 0) is 20.0 Å². The van der Waals surface area contributed by atoms with Gasteiger partial charge < -0.3 is 0 Å². The van der Waals surface area contributed by atoms with Crippen molar-refractivity contribution in [2.75, 3.05) is 13.1 Å². The molecule has 0 N–H and O–H groups in total. The summed E-state index contributed by atoms with van der Waals surface area (Å²) in [5.74, 6) is 0. The number of rotatable bonds is 6. The van der Waals surface area contributed by atoms with E-state index < -0.39 is 42.0 Å². The Hall–Kier alpha value is -2.94. The second kappa shape index (κ2) is 8.54. The number of piperazine rings is 1. The number of sulfonamides is 2. The fraction of sp³-hybridized carbons (Fsp3) is 0.333. The van der Waals surface area contributed by atoms with Crippen molar-refractivity contribution >= 4 is 31.4 Å². The second-order valence-corrected chi connectivity index (χ2v) is 11.1. The van der Waals surface area contributed by atoms with Gasteiger partial charge in [0.2, 0.25) is 20.0 Å². The van der Waals surface area contributed by atoms with Crippen LogP contribution in [-0.4, -0.2) is 60.5 Å². The van der Waals surface area contributed by atoms with Gasteiger partial charge in [0.1, 0.15) is 0 Å². The Morgan fingerprint density at radius 2 is 1.09 bits per heavy atom. The van der Waals surface area contributed by atoms with Crippen LogP contribution in [0, 0.1) is 20.2 Å². The molecular formula is C18H20N4O8S2. The van der Waals surface area contributed by atoms with E-state index in [4.69, 9.17) is 0 Å². The summed E-state index contributed by atoms with van der Waals surface area (Å²) in [5.41, 5.74) is -0.752. The van der Waals surface area contributed by atoms with Gasteiger partial charge in [0.15, 0.2) is 0 Å². The number of hydrogen-bond acceptors (Lipinski definition) is 8. The van der Waals surface area contributed by atoms with E-state index in [9.17, 15) is 37.1 Å². The molecule has 0 aliphatic carbocycles. The van der Waals surface area contributed by atoms with Crippen LogP contribution in [0.1, 0.15) is 13.8 Å². The molecule has 0 bridgehead atoms. The average Bonchev–Trinajstić information content (AvgIpc) is 2.75. The van der Waals surface area contributed by atoms with E-state index in [-0.39, 0.29) is 34.3 Å². The van der Waals surface area contributed by atoms with Crippen LogP contribution in [0.4, 0.5) is 11.4 Å². The highest BCUT2D eigenvalue weighted by atomic mass is 32.2. The summed E-state index contributed by atoms with van der Waals surface area (Å²) >= 11 is 0. The highest BCUT2D eigenvalue weighted by Crippen LogP contribution is 2.30. The summed E-state index contributed by atoms with van der Waals surface area (Å²) in [4.78, 5) is 20.1. The van der Waals surface area contributed by atoms with Gasteiger partial charge in [0.25, 0.3) is 11.4 Å². The van der Waals surface area contributed by atoms with E-state index in [2.05, 4.69) is 0 Å². The molecule has 2 aromatic rings. The zero-order valence-corrected chi connectivity index (χ0v) is 18.7. The SMILES string of the molecule is C[C@@H]1CN(S(=O)(=O)c2cccc([N+](=O)[O-])c2)[C@H](C)CN1S(=O)(=O)c1cccc([N+](=O)[O-])c1. The third-order valence-corrected chi connectivity index (χ3v) is 9.09. The Kier molecular flexibility index (Phi) is 6.33. The van der Waals surface area contributed by atoms with Gasteiger partial charge in [0.05, 0.1) is 19.6 Å². The van der Waals surface area contributed by atoms with Gasteiger partial charge in [-0.1, -0.05) is 12.1 Å². The molecule has 1 heterocycles. The van der Waals surface area contributed by atoms with Crippen molar-refractivity contribution in [3.05, 3.63) is 68.8 Å². The van der Waals surface area contributed by atoms with E-state index in [0.717, 1.165) is 20.7 Å². The van der Waals surface area contributed by atoms with E-state index in [1.165, 1.54) is 50.2 Å². The fourth-order valence-electron chi connectivity index (χ4n) is 3.52. The minimum atomic E-state index is -4.13. The number of non-ortho nitro benzene ring substituents is 2. The monoisotopic (exact) mass is 484 g/mol. The van der Waals surface area contributed by atoms with Crippen molar-refractivity contribution in [2.45, 2.75) is 35.7 Å². The first kappa shape index (κ1) is 23.7. The summed E-state index contributed by atoms with van der Waals surface area (Å²) in [5, 5.41) is 22.0. The maximum atomic E-state index is 13.1. The molecule has 2 aromatic carbocycles. The van der Waals surface area contributed by atoms with Crippen molar-refractivity contribution < 1.29 is 26.7 Å². The molecule has 172 valence electrons. The van der Waals surface area contributed by atoms with E-state index in [1.54, 1.807) is 0 Å². The largest absolute Gasteiger partial charge is 0.270 e. The van der Waals surface area contributed by atoms with Crippen molar-refractivity contribution in [3.63, 3.8) is 0 Å². The summed E-state index contributed by atoms with van der Waals surface area (Å²) in [6.07, 6.45) is 0. The molecule has 1 aliphatic rings. The summed E-state index contributed by atoms with van der Waals surface area (Å²) in [6.45, 7) is 2.66. The Balaban J connectivity index is 1.91. The van der Waals surface area contributed by atoms with Gasteiger partial charge >= 0.3 is 0 Å². The smallest absolute Gasteiger partial charge is 0.258 e. The molecule has 1 aliphatic heterocycles. The predicted molar refractivity (Wildman–Crippen MR) is 113 cm³/mol. The molecule has 2 atom stereocenters. The molecule has 14 heteroatoms. The molecule has 3 rings (SSSR count). The number of benzene rings is 2. The Bertz CT molecular complexity index is 1180. The minimum absolute atomic E-state index is 0.194. The van der Waals surface area contributed by atoms with Crippen molar-refractivity contribution in [2.24, 2.45) is 0 Å². The molecule has 0 amide bonds. The van der Waals surface area contributed by atoms with Crippen LogP contribution in [0.2, 0.25) is 0 Å². The van der Waals surface area contributed by atoms with Crippen molar-refractivity contribution in [1.82, 2.24) is 8.61 Å². The van der Waals surface area contributed by atoms with Crippen LogP contribution in [0.15, 0.2) is 58.3 Å². The van der Waals surface area contributed by atoms with Crippen molar-refractivity contribution in [3.8, 4) is 0 Å². The Morgan fingerprint density at radius 1 is 0.750 bits per heavy atom. The maximum Gasteiger partial charge on any atom is 0.270 e. The molecule has 32 heavy (non-hydrogen) atoms. The number of nitro groups is 2. The highest BCUT2D eigenvalue weighted by Gasteiger charge is 2.42. The van der Waals surface area contributed by atoms with Crippen LogP contribution in [0.3, 0.4) is 0 Å². The first-order valence-corrected chi connectivity index (χ1v) is 12.3. The zero-order chi connectivity index (χ0) is 23.8. The average molecular weight is 485 g/mol. The van der Waals surface area contributed by atoms with Gasteiger partial charge in [-0.05, 0) is 26.0 Å². The fourth-order valence-corrected chi connectivity index (χ4v) is 7.01. The Labute approximate surface area is 184 Å². The van der Waals surface area contributed by atoms with Crippen molar-refractivity contribution in [1.29, 1.82) is 0 Å². The van der Waals surface area contributed by atoms with Crippen LogP contribution in [0.5, 0.6) is 0 Å². The Morgan fingerprint density at radius 3 is 1.41 bits per heavy atom. The lowest BCUT2D eigenvalue weighted by Crippen LogP contribution is -2.59. The molecule has 0 spiro atoms. The summed E-state index contributed by atoms with van der Waals surface area (Å²) in [7, 11) is -8.27. The number of hydrogen-bond donors (Lipinski definition) is 0. The zero-order valence-electron chi connectivity index (χ0n) is 17.1. The first-order valence-electron chi connectivity index (χ1n) is 9.38. The lowest BCUT2D eigenvalue weighted by molar-refractivity contribution is -0.385. The van der Waals surface area contributed by atoms with E-state index >= 15 is 0 Å². The molecular weight excluding hydrogens is 464 g/mol. The van der Waals surface area contributed by atoms with Gasteiger partial charge in [0, 0.05) is 49.4 Å². The standard InChI is InChI=1S/C18H20N4O8S2/c1-13-11-20(32(29,30)18-8-4-6-16(10-18)22(25)26)14(2)12-19(13)31(27,28)17-7-3-5-15(9-17)21(23)24/h3-10,13-14H,11-12H2,1-2H3/t13-,14-/m1/s1. The molecule has 0 radical (unpaired) electrons. The lowest BCUT2D eigenvalue weighted by atomic mass is 10.2. The molecule has 0 aromatic heterocycles. The molecule has 1 saturated heterocycles. The van der Waals surface area contributed by atoms with Gasteiger partial charge in [-0.2, -0.15) is 8.61 Å². The van der Waals surface area contributed by atoms with E-state index in [0.29, 0.717) is 0 Å². The van der Waals surface area contributed by atoms with Crippen LogP contribution in [0.25, 0.3) is 0 Å². The highest BCUT2D eigenvalue weighted by molar-refractivity contribution is 7.89. The molecule has 12 nitrogen and oxygen atoms in total. The van der Waals surface area contributed by atoms with E-state index in [1.807, 2.05) is 0 Å². The van der Waals surface area contributed by atoms with Gasteiger partial charge in [-0.25, -0.2) is 16.8 Å². The topological polar surface area (TPSA) is 161 Å². The first-order chi connectivity index (χ1) is 14.9. The molecule has 1 fully saturated rings. The summed E-state index contributed by atoms with van der Waals surface area (Å²) in [6, 6.07) is 7.70. The molecule has 0 unspecified atom stereocenters. The maximum absolute atomic E-state index is 13.1. The number of nitrogens with zero attached hydrogens (tertiary/aromatic N) is 4. The van der Waals surface area contributed by atoms with Gasteiger partial charge in [-0.15, -0.1) is 0 Å². The predicted octanol–water partition coefficient (Wildman–Crippen LogP) is 1.98. The quantitative estimate of drug-likeness (QED) is 0.444. The van der Waals surface area contributed by atoms with Crippen LogP contribution < -0.4 is 0 Å². The third-order valence-electron chi connectivity index (χ3n) is 5.14. The lowest BCUT2D eigenvalue weighted by Gasteiger charge is -2.42. The minimum Gasteiger partial charge on any atom is -0.258 e. The second-order valence-electron chi connectivity index (χ2n) is 7.36. The van der Waals surface area contributed by atoms with Gasteiger partial charge in [-0.3, -0.25) is 20.2 Å². The van der Waals surface area contributed by atoms with Crippen LogP contribution >= 0.6 is 0 Å². The third kappa shape index (κ3) is 4.34. The normalized spacial score (nSPS) is 20.7. The number of nitro benzene ring substituents is 2. The molecule has 0 saturated carbocycles. The summed E-state index contributed by atoms with van der Waals surface area (Å²) < 4.78 is 54.7.